The van der Waals surface area contributed by atoms with E-state index < -0.39 is 5.60 Å². The number of ether oxygens (including phenoxy) is 1. The highest BCUT2D eigenvalue weighted by molar-refractivity contribution is 5.86. The summed E-state index contributed by atoms with van der Waals surface area (Å²) < 4.78 is 5.51. The van der Waals surface area contributed by atoms with Crippen molar-refractivity contribution in [2.75, 3.05) is 20.1 Å². The summed E-state index contributed by atoms with van der Waals surface area (Å²) in [5.74, 6) is 0.799. The van der Waals surface area contributed by atoms with Crippen molar-refractivity contribution in [3.05, 3.63) is 35.5 Å². The molecule has 2 aliphatic rings. The van der Waals surface area contributed by atoms with E-state index in [0.717, 1.165) is 45.1 Å². The van der Waals surface area contributed by atoms with Crippen LogP contribution in [0.3, 0.4) is 0 Å². The Morgan fingerprint density at radius 1 is 1.06 bits per heavy atom. The molecule has 36 heavy (non-hydrogen) atoms. The molecule has 198 valence electrons. The lowest BCUT2D eigenvalue weighted by Crippen LogP contribution is -2.45. The van der Waals surface area contributed by atoms with Gasteiger partial charge < -0.3 is 19.5 Å². The molecule has 1 unspecified atom stereocenters. The van der Waals surface area contributed by atoms with E-state index in [1.165, 1.54) is 22.2 Å². The summed E-state index contributed by atoms with van der Waals surface area (Å²) in [6, 6.07) is 8.61. The van der Waals surface area contributed by atoms with Crippen molar-refractivity contribution in [1.29, 1.82) is 0 Å². The largest absolute Gasteiger partial charge is 0.444 e. The molecule has 1 aliphatic heterocycles. The van der Waals surface area contributed by atoms with Crippen molar-refractivity contribution in [1.82, 2.24) is 14.8 Å². The van der Waals surface area contributed by atoms with Gasteiger partial charge in [-0.15, -0.1) is 0 Å². The summed E-state index contributed by atoms with van der Waals surface area (Å²) in [6.07, 6.45) is 5.30. The zero-order valence-electron chi connectivity index (χ0n) is 23.3. The summed E-state index contributed by atoms with van der Waals surface area (Å²) in [5.41, 5.74) is 3.42. The van der Waals surface area contributed by atoms with E-state index in [0.29, 0.717) is 18.4 Å². The van der Waals surface area contributed by atoms with Crippen molar-refractivity contribution >= 4 is 22.9 Å². The summed E-state index contributed by atoms with van der Waals surface area (Å²) in [6.45, 7) is 13.9. The van der Waals surface area contributed by atoms with E-state index in [1.54, 1.807) is 4.90 Å². The predicted octanol–water partition coefficient (Wildman–Crippen LogP) is 6.70. The zero-order chi connectivity index (χ0) is 26.3. The van der Waals surface area contributed by atoms with Gasteiger partial charge >= 0.3 is 6.09 Å². The molecule has 0 radical (unpaired) electrons. The maximum atomic E-state index is 13.9. The molecule has 2 aromatic rings. The number of nitrogens with zero attached hydrogens (tertiary/aromatic N) is 2. The number of fused-ring (bicyclic) bond motifs is 3. The van der Waals surface area contributed by atoms with E-state index in [-0.39, 0.29) is 23.5 Å². The Morgan fingerprint density at radius 3 is 2.36 bits per heavy atom. The summed E-state index contributed by atoms with van der Waals surface area (Å²) >= 11 is 0. The first-order chi connectivity index (χ1) is 16.8. The van der Waals surface area contributed by atoms with Crippen LogP contribution in [-0.2, 0) is 16.0 Å². The number of nitrogens with one attached hydrogen (secondary N) is 1. The van der Waals surface area contributed by atoms with Gasteiger partial charge in [-0.3, -0.25) is 4.79 Å². The van der Waals surface area contributed by atoms with Crippen LogP contribution in [0.2, 0.25) is 0 Å². The van der Waals surface area contributed by atoms with Gasteiger partial charge in [-0.1, -0.05) is 39.0 Å². The molecule has 1 N–H and O–H groups in total. The molecule has 1 aromatic carbocycles. The van der Waals surface area contributed by atoms with Crippen molar-refractivity contribution < 1.29 is 14.3 Å². The van der Waals surface area contributed by atoms with E-state index >= 15 is 0 Å². The van der Waals surface area contributed by atoms with E-state index in [9.17, 15) is 9.59 Å². The van der Waals surface area contributed by atoms with Crippen LogP contribution in [0.25, 0.3) is 10.9 Å². The van der Waals surface area contributed by atoms with Gasteiger partial charge in [0, 0.05) is 42.7 Å². The van der Waals surface area contributed by atoms with Crippen LogP contribution in [-0.4, -0.2) is 52.5 Å². The highest BCUT2D eigenvalue weighted by Crippen LogP contribution is 2.42. The third-order valence-electron chi connectivity index (χ3n) is 7.68. The minimum Gasteiger partial charge on any atom is -0.444 e. The number of para-hydroxylation sites is 1. The Balaban J connectivity index is 1.43. The third-order valence-corrected chi connectivity index (χ3v) is 7.68. The van der Waals surface area contributed by atoms with Crippen LogP contribution in [0, 0.1) is 17.3 Å². The fraction of sp³-hybridized carbons (Fsp3) is 0.667. The number of aromatic nitrogens is 1. The first-order valence-electron chi connectivity index (χ1n) is 13.7. The van der Waals surface area contributed by atoms with Crippen LogP contribution in [0.4, 0.5) is 4.79 Å². The van der Waals surface area contributed by atoms with E-state index in [1.807, 2.05) is 27.8 Å². The number of carbonyl (C=O) groups is 2. The summed E-state index contributed by atoms with van der Waals surface area (Å²) in [5, 5.41) is 1.30. The summed E-state index contributed by atoms with van der Waals surface area (Å²) in [4.78, 5) is 33.8. The number of rotatable bonds is 4. The number of aromatic amines is 1. The number of hydrogen-bond donors (Lipinski definition) is 1. The maximum Gasteiger partial charge on any atom is 0.410 e. The molecular weight excluding hydrogens is 450 g/mol. The number of amides is 2. The average Bonchev–Trinajstić information content (AvgIpc) is 3.17. The lowest BCUT2D eigenvalue weighted by molar-refractivity contribution is -0.140. The van der Waals surface area contributed by atoms with Crippen molar-refractivity contribution in [2.24, 2.45) is 17.3 Å². The van der Waals surface area contributed by atoms with Gasteiger partial charge in [-0.25, -0.2) is 4.79 Å². The molecule has 1 aliphatic carbocycles. The number of benzene rings is 1. The van der Waals surface area contributed by atoms with Crippen LogP contribution >= 0.6 is 0 Å². The zero-order valence-corrected chi connectivity index (χ0v) is 23.3. The van der Waals surface area contributed by atoms with Crippen LogP contribution < -0.4 is 0 Å². The fourth-order valence-electron chi connectivity index (χ4n) is 6.00. The lowest BCUT2D eigenvalue weighted by Gasteiger charge is -2.42. The van der Waals surface area contributed by atoms with E-state index in [4.69, 9.17) is 4.74 Å². The molecule has 0 spiro atoms. The Labute approximate surface area is 216 Å². The second-order valence-electron chi connectivity index (χ2n) is 13.2. The van der Waals surface area contributed by atoms with Gasteiger partial charge in [0.25, 0.3) is 0 Å². The standard InChI is InChI=1S/C30H45N3O3/c1-29(2,3)18-25-26-23(22-10-8-9-11-24(22)31-26)16-17-33(25)27(34)21-14-12-20(13-15-21)19-32(7)28(35)36-30(4,5)6/h8-11,20-21,25,31H,12-19H2,1-7H3/t20-,21-,25?. The van der Waals surface area contributed by atoms with Crippen molar-refractivity contribution in [2.45, 2.75) is 91.7 Å². The Bertz CT molecular complexity index is 1080. The van der Waals surface area contributed by atoms with Gasteiger partial charge in [0.2, 0.25) is 5.91 Å². The minimum absolute atomic E-state index is 0.0708. The molecule has 1 atom stereocenters. The maximum absolute atomic E-state index is 13.9. The molecule has 1 saturated carbocycles. The molecule has 6 nitrogen and oxygen atoms in total. The predicted molar refractivity (Wildman–Crippen MR) is 145 cm³/mol. The topological polar surface area (TPSA) is 65.6 Å². The van der Waals surface area contributed by atoms with Gasteiger partial charge in [0.15, 0.2) is 0 Å². The molecule has 0 saturated heterocycles. The highest BCUT2D eigenvalue weighted by Gasteiger charge is 2.39. The first kappa shape index (κ1) is 26.6. The third kappa shape index (κ3) is 6.07. The minimum atomic E-state index is -0.488. The lowest BCUT2D eigenvalue weighted by atomic mass is 9.79. The Kier molecular flexibility index (Phi) is 7.45. The molecular formula is C30H45N3O3. The molecule has 2 heterocycles. The SMILES string of the molecule is CN(C[C@H]1CC[C@H](C(=O)N2CCc3c([nH]c4ccccc34)C2CC(C)(C)C)CC1)C(=O)OC(C)(C)C. The van der Waals surface area contributed by atoms with Crippen molar-refractivity contribution in [3.8, 4) is 0 Å². The van der Waals surface area contributed by atoms with Crippen LogP contribution in [0.1, 0.15) is 90.9 Å². The molecule has 6 heteroatoms. The van der Waals surface area contributed by atoms with Gasteiger partial charge in [0.1, 0.15) is 5.60 Å². The molecule has 2 amide bonds. The summed E-state index contributed by atoms with van der Waals surface area (Å²) in [7, 11) is 1.81. The monoisotopic (exact) mass is 495 g/mol. The van der Waals surface area contributed by atoms with Gasteiger partial charge in [-0.2, -0.15) is 0 Å². The molecule has 0 bridgehead atoms. The smallest absolute Gasteiger partial charge is 0.410 e. The van der Waals surface area contributed by atoms with Gasteiger partial charge in [0.05, 0.1) is 6.04 Å². The van der Waals surface area contributed by atoms with Crippen LogP contribution in [0.15, 0.2) is 24.3 Å². The van der Waals surface area contributed by atoms with E-state index in [2.05, 4.69) is 54.9 Å². The molecule has 4 rings (SSSR count). The Hall–Kier alpha value is -2.50. The van der Waals surface area contributed by atoms with Gasteiger partial charge in [-0.05, 0) is 82.3 Å². The number of hydrogen-bond acceptors (Lipinski definition) is 3. The average molecular weight is 496 g/mol. The normalized spacial score (nSPS) is 22.9. The number of H-pyrrole nitrogens is 1. The molecule has 1 aromatic heterocycles. The molecule has 1 fully saturated rings. The first-order valence-corrected chi connectivity index (χ1v) is 13.7. The number of carbonyl (C=O) groups excluding carboxylic acids is 2. The van der Waals surface area contributed by atoms with Crippen molar-refractivity contribution in [3.63, 3.8) is 0 Å². The fourth-order valence-corrected chi connectivity index (χ4v) is 6.00. The van der Waals surface area contributed by atoms with Crippen LogP contribution in [0.5, 0.6) is 0 Å². The second kappa shape index (κ2) is 10.1. The highest BCUT2D eigenvalue weighted by atomic mass is 16.6. The second-order valence-corrected chi connectivity index (χ2v) is 13.2. The quantitative estimate of drug-likeness (QED) is 0.513. The Morgan fingerprint density at radius 2 is 1.72 bits per heavy atom.